The van der Waals surface area contributed by atoms with Crippen molar-refractivity contribution in [2.45, 2.75) is 20.0 Å². The van der Waals surface area contributed by atoms with E-state index in [9.17, 15) is 4.79 Å². The zero-order valence-electron chi connectivity index (χ0n) is 14.1. The quantitative estimate of drug-likeness (QED) is 0.700. The Morgan fingerprint density at radius 1 is 1.16 bits per heavy atom. The normalized spacial score (nSPS) is 10.3. The molecule has 0 heterocycles. The lowest BCUT2D eigenvalue weighted by atomic mass is 10.2. The van der Waals surface area contributed by atoms with Crippen LogP contribution in [0.25, 0.3) is 0 Å². The van der Waals surface area contributed by atoms with Crippen molar-refractivity contribution in [3.63, 3.8) is 0 Å². The van der Waals surface area contributed by atoms with Crippen molar-refractivity contribution in [1.82, 2.24) is 5.32 Å². The molecule has 2 aromatic rings. The van der Waals surface area contributed by atoms with Crippen LogP contribution in [0, 0.1) is 0 Å². The number of methoxy groups -OCH3 is 1. The molecule has 0 aliphatic heterocycles. The lowest BCUT2D eigenvalue weighted by Gasteiger charge is -2.16. The molecule has 0 spiro atoms. The van der Waals surface area contributed by atoms with E-state index in [4.69, 9.17) is 21.7 Å². The van der Waals surface area contributed by atoms with Crippen molar-refractivity contribution in [3.05, 3.63) is 52.5 Å². The van der Waals surface area contributed by atoms with Crippen LogP contribution >= 0.6 is 28.1 Å². The molecule has 0 aliphatic carbocycles. The molecule has 0 aliphatic rings. The topological polar surface area (TPSA) is 59.6 Å². The minimum atomic E-state index is -0.357. The Balaban J connectivity index is 2.13. The number of benzene rings is 2. The molecule has 5 nitrogen and oxygen atoms in total. The molecule has 0 bridgehead atoms. The summed E-state index contributed by atoms with van der Waals surface area (Å²) < 4.78 is 11.7. The summed E-state index contributed by atoms with van der Waals surface area (Å²) in [6.45, 7) is 3.80. The van der Waals surface area contributed by atoms with Gasteiger partial charge in [-0.05, 0) is 56.4 Å². The number of carbonyl (C=O) groups excluding carboxylic acids is 1. The molecule has 2 N–H and O–H groups in total. The minimum absolute atomic E-state index is 0.0496. The number of carbonyl (C=O) groups is 1. The van der Waals surface area contributed by atoms with E-state index in [0.717, 1.165) is 4.47 Å². The summed E-state index contributed by atoms with van der Waals surface area (Å²) in [6, 6.07) is 12.6. The van der Waals surface area contributed by atoms with Crippen molar-refractivity contribution in [2.75, 3.05) is 12.4 Å². The Bertz CT molecular complexity index is 781. The molecular weight excluding hydrogens is 404 g/mol. The van der Waals surface area contributed by atoms with Crippen LogP contribution in [0.15, 0.2) is 46.9 Å². The fourth-order valence-electron chi connectivity index (χ4n) is 2.11. The number of thiocarbonyl (C=S) groups is 1. The van der Waals surface area contributed by atoms with Crippen LogP contribution in [-0.2, 0) is 0 Å². The summed E-state index contributed by atoms with van der Waals surface area (Å²) in [5.41, 5.74) is 1.07. The van der Waals surface area contributed by atoms with Crippen LogP contribution in [0.2, 0.25) is 0 Å². The van der Waals surface area contributed by atoms with Crippen LogP contribution in [-0.4, -0.2) is 24.2 Å². The van der Waals surface area contributed by atoms with Crippen molar-refractivity contribution in [2.24, 2.45) is 0 Å². The highest BCUT2D eigenvalue weighted by Crippen LogP contribution is 2.25. The first-order valence-electron chi connectivity index (χ1n) is 7.62. The fraction of sp³-hybridized carbons (Fsp3) is 0.222. The first-order chi connectivity index (χ1) is 11.9. The van der Waals surface area contributed by atoms with Crippen molar-refractivity contribution in [3.8, 4) is 11.5 Å². The SMILES string of the molecule is COc1ccccc1NC(=S)NC(=O)c1cc(Br)ccc1OC(C)C. The van der Waals surface area contributed by atoms with Crippen molar-refractivity contribution >= 4 is 44.9 Å². The molecule has 132 valence electrons. The first kappa shape index (κ1) is 19.2. The second kappa shape index (κ2) is 8.82. The smallest absolute Gasteiger partial charge is 0.261 e. The molecule has 0 atom stereocenters. The third kappa shape index (κ3) is 5.44. The van der Waals surface area contributed by atoms with Crippen molar-refractivity contribution < 1.29 is 14.3 Å². The minimum Gasteiger partial charge on any atom is -0.495 e. The molecule has 0 saturated carbocycles. The summed E-state index contributed by atoms with van der Waals surface area (Å²) in [5.74, 6) is 0.769. The van der Waals surface area contributed by atoms with E-state index >= 15 is 0 Å². The zero-order chi connectivity index (χ0) is 18.4. The maximum Gasteiger partial charge on any atom is 0.261 e. The van der Waals surface area contributed by atoms with Gasteiger partial charge in [0.25, 0.3) is 5.91 Å². The van der Waals surface area contributed by atoms with E-state index in [1.807, 2.05) is 38.1 Å². The number of hydrogen-bond acceptors (Lipinski definition) is 4. The van der Waals surface area contributed by atoms with E-state index < -0.39 is 0 Å². The highest BCUT2D eigenvalue weighted by molar-refractivity contribution is 9.10. The highest BCUT2D eigenvalue weighted by atomic mass is 79.9. The van der Waals surface area contributed by atoms with Gasteiger partial charge in [0.15, 0.2) is 5.11 Å². The van der Waals surface area contributed by atoms with Gasteiger partial charge >= 0.3 is 0 Å². The molecule has 0 fully saturated rings. The second-order valence-electron chi connectivity index (χ2n) is 5.42. The predicted octanol–water partition coefficient (Wildman–Crippen LogP) is 4.37. The predicted molar refractivity (Wildman–Crippen MR) is 107 cm³/mol. The van der Waals surface area contributed by atoms with Crippen LogP contribution in [0.3, 0.4) is 0 Å². The Morgan fingerprint density at radius 2 is 1.88 bits per heavy atom. The van der Waals surface area contributed by atoms with Gasteiger partial charge in [0, 0.05) is 4.47 Å². The van der Waals surface area contributed by atoms with Gasteiger partial charge in [-0.15, -0.1) is 0 Å². The molecule has 2 rings (SSSR count). The van der Waals surface area contributed by atoms with Gasteiger partial charge in [-0.25, -0.2) is 0 Å². The Labute approximate surface area is 160 Å². The Kier molecular flexibility index (Phi) is 6.78. The van der Waals surface area contributed by atoms with Crippen LogP contribution in [0.4, 0.5) is 5.69 Å². The monoisotopic (exact) mass is 422 g/mol. The third-order valence-electron chi connectivity index (χ3n) is 3.13. The molecule has 0 unspecified atom stereocenters. The molecule has 25 heavy (non-hydrogen) atoms. The second-order valence-corrected chi connectivity index (χ2v) is 6.74. The molecular formula is C18H19BrN2O3S. The van der Waals surface area contributed by atoms with Gasteiger partial charge < -0.3 is 14.8 Å². The summed E-state index contributed by atoms with van der Waals surface area (Å²) in [7, 11) is 1.57. The maximum atomic E-state index is 12.6. The highest BCUT2D eigenvalue weighted by Gasteiger charge is 2.16. The summed E-state index contributed by atoms with van der Waals surface area (Å²) in [6.07, 6.45) is -0.0496. The number of amides is 1. The standard InChI is InChI=1S/C18H19BrN2O3S/c1-11(2)24-15-9-8-12(19)10-13(15)17(22)21-18(25)20-14-6-4-5-7-16(14)23-3/h4-11H,1-3H3,(H2,20,21,22,25). The average molecular weight is 423 g/mol. The van der Waals surface area contributed by atoms with Gasteiger partial charge in [-0.3, -0.25) is 10.1 Å². The number of halogens is 1. The van der Waals surface area contributed by atoms with E-state index in [0.29, 0.717) is 22.7 Å². The number of rotatable bonds is 5. The molecule has 1 amide bonds. The summed E-state index contributed by atoms with van der Waals surface area (Å²) in [4.78, 5) is 12.6. The number of anilines is 1. The summed E-state index contributed by atoms with van der Waals surface area (Å²) in [5, 5.41) is 5.79. The first-order valence-corrected chi connectivity index (χ1v) is 8.82. The molecule has 2 aromatic carbocycles. The lowest BCUT2D eigenvalue weighted by Crippen LogP contribution is -2.34. The zero-order valence-corrected chi connectivity index (χ0v) is 16.5. The number of para-hydroxylation sites is 2. The van der Waals surface area contributed by atoms with Crippen LogP contribution in [0.5, 0.6) is 11.5 Å². The Hall–Kier alpha value is -2.12. The van der Waals surface area contributed by atoms with Crippen molar-refractivity contribution in [1.29, 1.82) is 0 Å². The van der Waals surface area contributed by atoms with E-state index in [2.05, 4.69) is 26.6 Å². The van der Waals surface area contributed by atoms with Gasteiger partial charge in [-0.2, -0.15) is 0 Å². The largest absolute Gasteiger partial charge is 0.495 e. The van der Waals surface area contributed by atoms with Crippen LogP contribution < -0.4 is 20.1 Å². The lowest BCUT2D eigenvalue weighted by molar-refractivity contribution is 0.0972. The van der Waals surface area contributed by atoms with E-state index in [-0.39, 0.29) is 17.1 Å². The van der Waals surface area contributed by atoms with Gasteiger partial charge in [0.2, 0.25) is 0 Å². The van der Waals surface area contributed by atoms with Crippen LogP contribution in [0.1, 0.15) is 24.2 Å². The molecule has 0 aromatic heterocycles. The van der Waals surface area contributed by atoms with Gasteiger partial charge in [0.1, 0.15) is 11.5 Å². The maximum absolute atomic E-state index is 12.6. The van der Waals surface area contributed by atoms with E-state index in [1.54, 1.807) is 25.3 Å². The number of nitrogens with one attached hydrogen (secondary N) is 2. The third-order valence-corrected chi connectivity index (χ3v) is 3.83. The number of hydrogen-bond donors (Lipinski definition) is 2. The average Bonchev–Trinajstić information content (AvgIpc) is 2.56. The van der Waals surface area contributed by atoms with Gasteiger partial charge in [-0.1, -0.05) is 28.1 Å². The summed E-state index contributed by atoms with van der Waals surface area (Å²) >= 11 is 8.60. The molecule has 0 saturated heterocycles. The molecule has 0 radical (unpaired) electrons. The van der Waals surface area contributed by atoms with Gasteiger partial charge in [0.05, 0.1) is 24.5 Å². The number of ether oxygens (including phenoxy) is 2. The Morgan fingerprint density at radius 3 is 2.56 bits per heavy atom. The fourth-order valence-corrected chi connectivity index (χ4v) is 2.67. The molecule has 7 heteroatoms. The van der Waals surface area contributed by atoms with E-state index in [1.165, 1.54) is 0 Å².